The van der Waals surface area contributed by atoms with Crippen LogP contribution in [-0.4, -0.2) is 94.0 Å². The normalized spacial score (nSPS) is 20.0. The zero-order valence-electron chi connectivity index (χ0n) is 24.1. The number of benzene rings is 1. The van der Waals surface area contributed by atoms with Gasteiger partial charge < -0.3 is 9.47 Å². The highest BCUT2D eigenvalue weighted by molar-refractivity contribution is 7.89. The highest BCUT2D eigenvalue weighted by Gasteiger charge is 2.31. The number of piperazine rings is 1. The van der Waals surface area contributed by atoms with E-state index < -0.39 is 10.0 Å². The molecule has 0 spiro atoms. The Labute approximate surface area is 243 Å². The summed E-state index contributed by atoms with van der Waals surface area (Å²) in [6.07, 6.45) is 5.80. The van der Waals surface area contributed by atoms with E-state index in [9.17, 15) is 13.2 Å². The number of pyridine rings is 1. The molecular formula is C30H41N7O3S. The lowest BCUT2D eigenvalue weighted by atomic mass is 9.96. The average Bonchev–Trinajstić information content (AvgIpc) is 3.37. The smallest absolute Gasteiger partial charge is 0.243 e. The SMILES string of the molecule is CC(C)CN1CCN(C(=O)C2CCCN(S(=O)(=O)c3ccccc3)CCc3nnc(-c4cccnc4)n3CC2)CC1. The van der Waals surface area contributed by atoms with Crippen LogP contribution >= 0.6 is 0 Å². The fourth-order valence-corrected chi connectivity index (χ4v) is 7.40. The van der Waals surface area contributed by atoms with Crippen LogP contribution in [0.25, 0.3) is 11.4 Å². The zero-order valence-corrected chi connectivity index (χ0v) is 24.9. The molecule has 1 fully saturated rings. The maximum absolute atomic E-state index is 13.9. The number of nitrogens with zero attached hydrogens (tertiary/aromatic N) is 7. The molecule has 1 aromatic carbocycles. The van der Waals surface area contributed by atoms with Crippen molar-refractivity contribution in [3.05, 3.63) is 60.7 Å². The van der Waals surface area contributed by atoms with Gasteiger partial charge in [-0.1, -0.05) is 32.0 Å². The number of rotatable bonds is 6. The van der Waals surface area contributed by atoms with Gasteiger partial charge in [-0.3, -0.25) is 14.7 Å². The van der Waals surface area contributed by atoms with Crippen molar-refractivity contribution in [2.45, 2.75) is 51.0 Å². The van der Waals surface area contributed by atoms with Gasteiger partial charge in [0.15, 0.2) is 5.82 Å². The number of carbonyl (C=O) groups is 1. The van der Waals surface area contributed by atoms with Crippen molar-refractivity contribution >= 4 is 15.9 Å². The molecule has 5 rings (SSSR count). The van der Waals surface area contributed by atoms with Gasteiger partial charge in [-0.15, -0.1) is 10.2 Å². The first-order chi connectivity index (χ1) is 19.8. The molecule has 220 valence electrons. The lowest BCUT2D eigenvalue weighted by Crippen LogP contribution is -2.51. The topological polar surface area (TPSA) is 105 Å². The lowest BCUT2D eigenvalue weighted by Gasteiger charge is -2.37. The highest BCUT2D eigenvalue weighted by atomic mass is 32.2. The number of aromatic nitrogens is 4. The second-order valence-corrected chi connectivity index (χ2v) is 13.4. The number of hydrogen-bond donors (Lipinski definition) is 0. The van der Waals surface area contributed by atoms with E-state index in [0.29, 0.717) is 62.9 Å². The third kappa shape index (κ3) is 7.02. The summed E-state index contributed by atoms with van der Waals surface area (Å²) < 4.78 is 30.9. The summed E-state index contributed by atoms with van der Waals surface area (Å²) in [5.41, 5.74) is 0.846. The third-order valence-electron chi connectivity index (χ3n) is 8.03. The van der Waals surface area contributed by atoms with Gasteiger partial charge in [-0.2, -0.15) is 4.31 Å². The maximum atomic E-state index is 13.9. The third-order valence-corrected chi connectivity index (χ3v) is 9.94. The fourth-order valence-electron chi connectivity index (χ4n) is 5.90. The Morgan fingerprint density at radius 2 is 1.71 bits per heavy atom. The van der Waals surface area contributed by atoms with Crippen LogP contribution in [-0.2, 0) is 27.8 Å². The highest BCUT2D eigenvalue weighted by Crippen LogP contribution is 2.25. The van der Waals surface area contributed by atoms with Crippen LogP contribution in [0.1, 0.15) is 38.9 Å². The summed E-state index contributed by atoms with van der Waals surface area (Å²) in [6, 6.07) is 12.4. The van der Waals surface area contributed by atoms with Gasteiger partial charge in [0, 0.05) is 82.7 Å². The minimum atomic E-state index is -3.70. The van der Waals surface area contributed by atoms with E-state index in [1.54, 1.807) is 41.0 Å². The van der Waals surface area contributed by atoms with Crippen molar-refractivity contribution in [1.82, 2.24) is 33.9 Å². The van der Waals surface area contributed by atoms with E-state index in [0.717, 1.165) is 38.3 Å². The summed E-state index contributed by atoms with van der Waals surface area (Å²) in [6.45, 7) is 9.96. The first-order valence-electron chi connectivity index (χ1n) is 14.7. The second-order valence-electron chi connectivity index (χ2n) is 11.4. The Balaban J connectivity index is 1.40. The number of sulfonamides is 1. The molecule has 0 N–H and O–H groups in total. The van der Waals surface area contributed by atoms with Gasteiger partial charge in [0.05, 0.1) is 4.90 Å². The summed E-state index contributed by atoms with van der Waals surface area (Å²) in [4.78, 5) is 22.8. The van der Waals surface area contributed by atoms with E-state index in [4.69, 9.17) is 0 Å². The minimum Gasteiger partial charge on any atom is -0.340 e. The summed E-state index contributed by atoms with van der Waals surface area (Å²) in [5.74, 6) is 1.97. The number of carbonyl (C=O) groups excluding carboxylic acids is 1. The molecule has 0 saturated carbocycles. The van der Waals surface area contributed by atoms with Crippen molar-refractivity contribution in [2.24, 2.45) is 11.8 Å². The van der Waals surface area contributed by atoms with E-state index in [-0.39, 0.29) is 16.7 Å². The number of hydrogen-bond acceptors (Lipinski definition) is 7. The monoisotopic (exact) mass is 579 g/mol. The van der Waals surface area contributed by atoms with Gasteiger partial charge in [0.1, 0.15) is 5.82 Å². The molecule has 0 bridgehead atoms. The van der Waals surface area contributed by atoms with E-state index in [1.807, 2.05) is 23.1 Å². The molecule has 11 heteroatoms. The second kappa shape index (κ2) is 13.2. The van der Waals surface area contributed by atoms with E-state index in [2.05, 4.69) is 38.5 Å². The summed E-state index contributed by atoms with van der Waals surface area (Å²) >= 11 is 0. The quantitative estimate of drug-likeness (QED) is 0.442. The molecule has 0 radical (unpaired) electrons. The van der Waals surface area contributed by atoms with Gasteiger partial charge in [-0.25, -0.2) is 8.42 Å². The summed E-state index contributed by atoms with van der Waals surface area (Å²) in [7, 11) is -3.70. The molecule has 41 heavy (non-hydrogen) atoms. The molecule has 2 aliphatic heterocycles. The predicted octanol–water partition coefficient (Wildman–Crippen LogP) is 3.17. The first kappa shape index (κ1) is 29.3. The Morgan fingerprint density at radius 1 is 0.927 bits per heavy atom. The first-order valence-corrected chi connectivity index (χ1v) is 16.2. The number of amides is 1. The molecule has 0 aliphatic carbocycles. The maximum Gasteiger partial charge on any atom is 0.243 e. The van der Waals surface area contributed by atoms with Crippen LogP contribution in [0.2, 0.25) is 0 Å². The van der Waals surface area contributed by atoms with E-state index >= 15 is 0 Å². The van der Waals surface area contributed by atoms with Crippen molar-refractivity contribution in [3.63, 3.8) is 0 Å². The molecule has 2 aromatic heterocycles. The molecule has 10 nitrogen and oxygen atoms in total. The standard InChI is InChI=1S/C30H41N7O3S/c1-24(2)23-34-18-20-35(21-19-34)30(38)25-9-7-15-36(41(39,40)27-10-4-3-5-11-27)16-13-28-32-33-29(37(28)17-12-25)26-8-6-14-31-22-26/h3-6,8,10-11,14,22,24-25H,7,9,12-13,15-21,23H2,1-2H3. The van der Waals surface area contributed by atoms with Crippen molar-refractivity contribution in [1.29, 1.82) is 0 Å². The van der Waals surface area contributed by atoms with Crippen LogP contribution in [0.5, 0.6) is 0 Å². The molecule has 4 heterocycles. The van der Waals surface area contributed by atoms with Crippen LogP contribution < -0.4 is 0 Å². The molecule has 1 saturated heterocycles. The van der Waals surface area contributed by atoms with Crippen LogP contribution in [0, 0.1) is 11.8 Å². The summed E-state index contributed by atoms with van der Waals surface area (Å²) in [5, 5.41) is 8.96. The van der Waals surface area contributed by atoms with Crippen molar-refractivity contribution in [3.8, 4) is 11.4 Å². The lowest BCUT2D eigenvalue weighted by molar-refractivity contribution is -0.138. The molecule has 1 unspecified atom stereocenters. The van der Waals surface area contributed by atoms with Gasteiger partial charge in [-0.05, 0) is 49.4 Å². The Kier molecular flexibility index (Phi) is 9.46. The predicted molar refractivity (Wildman–Crippen MR) is 157 cm³/mol. The molecule has 2 aliphatic rings. The fraction of sp³-hybridized carbons (Fsp3) is 0.533. The van der Waals surface area contributed by atoms with Gasteiger partial charge >= 0.3 is 0 Å². The average molecular weight is 580 g/mol. The largest absolute Gasteiger partial charge is 0.340 e. The van der Waals surface area contributed by atoms with E-state index in [1.165, 1.54) is 0 Å². The molecule has 3 aromatic rings. The van der Waals surface area contributed by atoms with Gasteiger partial charge in [0.2, 0.25) is 15.9 Å². The number of fused-ring (bicyclic) bond motifs is 1. The van der Waals surface area contributed by atoms with Crippen molar-refractivity contribution < 1.29 is 13.2 Å². The van der Waals surface area contributed by atoms with Crippen LogP contribution in [0.4, 0.5) is 0 Å². The van der Waals surface area contributed by atoms with Crippen LogP contribution in [0.15, 0.2) is 59.8 Å². The minimum absolute atomic E-state index is 0.170. The molecule has 1 amide bonds. The van der Waals surface area contributed by atoms with Gasteiger partial charge in [0.25, 0.3) is 0 Å². The Hall–Kier alpha value is -3.15. The Bertz CT molecular complexity index is 1390. The van der Waals surface area contributed by atoms with Crippen LogP contribution in [0.3, 0.4) is 0 Å². The van der Waals surface area contributed by atoms with Crippen molar-refractivity contribution in [2.75, 3.05) is 45.8 Å². The Morgan fingerprint density at radius 3 is 2.41 bits per heavy atom. The zero-order chi connectivity index (χ0) is 28.8. The molecule has 1 atom stereocenters. The molecular weight excluding hydrogens is 538 g/mol.